The third kappa shape index (κ3) is 8.53. The molecule has 0 aromatic heterocycles. The van der Waals surface area contributed by atoms with Crippen LogP contribution in [-0.4, -0.2) is 34.7 Å². The maximum atomic E-state index is 12.2. The molecule has 2 amide bonds. The summed E-state index contributed by atoms with van der Waals surface area (Å²) in [5.74, 6) is -0.325. The van der Waals surface area contributed by atoms with Gasteiger partial charge in [-0.2, -0.15) is 10.2 Å². The number of hydrogen-bond acceptors (Lipinski definition) is 6. The zero-order valence-electron chi connectivity index (χ0n) is 18.9. The molecule has 6 nitrogen and oxygen atoms in total. The van der Waals surface area contributed by atoms with Crippen molar-refractivity contribution < 1.29 is 9.59 Å². The van der Waals surface area contributed by atoms with Gasteiger partial charge in [0.05, 0.1) is 22.9 Å². The van der Waals surface area contributed by atoms with Crippen molar-refractivity contribution in [1.29, 1.82) is 0 Å². The maximum absolute atomic E-state index is 12.2. The van der Waals surface area contributed by atoms with Crippen LogP contribution in [0.2, 0.25) is 0 Å². The van der Waals surface area contributed by atoms with E-state index >= 15 is 0 Å². The van der Waals surface area contributed by atoms with E-state index < -0.39 is 0 Å². The van der Waals surface area contributed by atoms with E-state index in [1.165, 1.54) is 23.5 Å². The van der Waals surface area contributed by atoms with Crippen molar-refractivity contribution in [3.63, 3.8) is 0 Å². The molecule has 3 rings (SSSR count). The number of nitrogens with zero attached hydrogens (tertiary/aromatic N) is 2. The van der Waals surface area contributed by atoms with Crippen LogP contribution in [0.3, 0.4) is 0 Å². The molecule has 0 unspecified atom stereocenters. The lowest BCUT2D eigenvalue weighted by Gasteiger charge is -2.09. The number of amides is 2. The van der Waals surface area contributed by atoms with E-state index in [0.717, 1.165) is 20.9 Å². The normalized spacial score (nSPS) is 13.0. The third-order valence-electron chi connectivity index (χ3n) is 4.56. The van der Waals surface area contributed by atoms with E-state index in [0.29, 0.717) is 0 Å². The monoisotopic (exact) mass is 490 g/mol. The summed E-state index contributed by atoms with van der Waals surface area (Å²) in [6.45, 7) is 3.69. The van der Waals surface area contributed by atoms with Gasteiger partial charge >= 0.3 is 0 Å². The van der Waals surface area contributed by atoms with Crippen molar-refractivity contribution in [3.05, 3.63) is 96.1 Å². The first-order chi connectivity index (χ1) is 16.5. The highest BCUT2D eigenvalue weighted by Gasteiger charge is 2.14. The van der Waals surface area contributed by atoms with E-state index in [4.69, 9.17) is 0 Å². The van der Waals surface area contributed by atoms with Gasteiger partial charge in [0.25, 0.3) is 11.8 Å². The Morgan fingerprint density at radius 1 is 0.647 bits per heavy atom. The summed E-state index contributed by atoms with van der Waals surface area (Å²) < 4.78 is 0. The summed E-state index contributed by atoms with van der Waals surface area (Å²) in [6, 6.07) is 27.0. The second-order valence-corrected chi connectivity index (χ2v) is 10.1. The fraction of sp³-hybridized carbons (Fsp3) is 0.154. The highest BCUT2D eigenvalue weighted by Crippen LogP contribution is 2.23. The number of benzene rings is 3. The summed E-state index contributed by atoms with van der Waals surface area (Å²) >= 11 is 2.96. The van der Waals surface area contributed by atoms with Gasteiger partial charge in [-0.05, 0) is 49.2 Å². The van der Waals surface area contributed by atoms with Crippen LogP contribution in [0.5, 0.6) is 0 Å². The fourth-order valence-electron chi connectivity index (χ4n) is 2.70. The Labute approximate surface area is 208 Å². The van der Waals surface area contributed by atoms with Gasteiger partial charge in [-0.1, -0.05) is 60.7 Å². The van der Waals surface area contributed by atoms with E-state index in [-0.39, 0.29) is 22.3 Å². The predicted molar refractivity (Wildman–Crippen MR) is 141 cm³/mol. The van der Waals surface area contributed by atoms with Crippen LogP contribution in [0.1, 0.15) is 25.0 Å². The summed E-state index contributed by atoms with van der Waals surface area (Å²) in [4.78, 5) is 26.5. The molecule has 0 saturated carbocycles. The van der Waals surface area contributed by atoms with Crippen LogP contribution < -0.4 is 10.9 Å². The molecular formula is C26H26N4O2S2. The largest absolute Gasteiger partial charge is 0.272 e. The average Bonchev–Trinajstić information content (AvgIpc) is 2.86. The summed E-state index contributed by atoms with van der Waals surface area (Å²) in [5.41, 5.74) is 6.81. The molecule has 2 atom stereocenters. The van der Waals surface area contributed by atoms with Gasteiger partial charge in [0, 0.05) is 9.79 Å². The molecule has 8 heteroatoms. The molecule has 0 heterocycles. The van der Waals surface area contributed by atoms with E-state index in [9.17, 15) is 9.59 Å². The lowest BCUT2D eigenvalue weighted by atomic mass is 10.2. The molecule has 3 aromatic rings. The Morgan fingerprint density at radius 2 is 1.00 bits per heavy atom. The number of rotatable bonds is 10. The van der Waals surface area contributed by atoms with Crippen molar-refractivity contribution in [2.45, 2.75) is 34.1 Å². The number of hydrazone groups is 2. The van der Waals surface area contributed by atoms with Gasteiger partial charge < -0.3 is 0 Å². The predicted octanol–water partition coefficient (Wildman–Crippen LogP) is 4.95. The lowest BCUT2D eigenvalue weighted by molar-refractivity contribution is -0.121. The Bertz CT molecular complexity index is 1030. The van der Waals surface area contributed by atoms with E-state index in [1.54, 1.807) is 12.4 Å². The molecule has 174 valence electrons. The summed E-state index contributed by atoms with van der Waals surface area (Å²) in [6.07, 6.45) is 3.17. The molecule has 0 spiro atoms. The molecule has 0 radical (unpaired) electrons. The highest BCUT2D eigenvalue weighted by molar-refractivity contribution is 8.00. The van der Waals surface area contributed by atoms with Crippen molar-refractivity contribution in [2.24, 2.45) is 10.2 Å². The van der Waals surface area contributed by atoms with Gasteiger partial charge in [0.2, 0.25) is 0 Å². The van der Waals surface area contributed by atoms with Crippen molar-refractivity contribution in [1.82, 2.24) is 10.9 Å². The quantitative estimate of drug-likeness (QED) is 0.239. The Hall–Kier alpha value is -3.36. The molecule has 0 saturated heterocycles. The van der Waals surface area contributed by atoms with E-state index in [2.05, 4.69) is 21.1 Å². The smallest absolute Gasteiger partial charge is 0.253 e. The van der Waals surface area contributed by atoms with Crippen LogP contribution in [0.15, 0.2) is 105 Å². The molecule has 2 N–H and O–H groups in total. The first kappa shape index (κ1) is 25.3. The Balaban J connectivity index is 1.42. The first-order valence-electron chi connectivity index (χ1n) is 10.7. The van der Waals surface area contributed by atoms with Crippen molar-refractivity contribution in [2.75, 3.05) is 0 Å². The second-order valence-electron chi connectivity index (χ2n) is 7.28. The van der Waals surface area contributed by atoms with Gasteiger partial charge in [0.15, 0.2) is 0 Å². The minimum Gasteiger partial charge on any atom is -0.272 e. The average molecular weight is 491 g/mol. The van der Waals surface area contributed by atoms with E-state index in [1.807, 2.05) is 98.8 Å². The molecular weight excluding hydrogens is 464 g/mol. The molecule has 34 heavy (non-hydrogen) atoms. The van der Waals surface area contributed by atoms with Crippen LogP contribution in [0.25, 0.3) is 0 Å². The van der Waals surface area contributed by atoms with Gasteiger partial charge in [-0.3, -0.25) is 9.59 Å². The number of thioether (sulfide) groups is 2. The van der Waals surface area contributed by atoms with Gasteiger partial charge in [-0.15, -0.1) is 23.5 Å². The molecule has 0 aliphatic rings. The lowest BCUT2D eigenvalue weighted by Crippen LogP contribution is -2.26. The van der Waals surface area contributed by atoms with Gasteiger partial charge in [0.1, 0.15) is 0 Å². The topological polar surface area (TPSA) is 82.9 Å². The second kappa shape index (κ2) is 13.4. The van der Waals surface area contributed by atoms with Crippen molar-refractivity contribution >= 4 is 47.8 Å². The fourth-order valence-corrected chi connectivity index (χ4v) is 4.47. The molecule has 3 aromatic carbocycles. The minimum atomic E-state index is -0.262. The standard InChI is InChI=1S/C26H26N4O2S2/c1-19(33-23-9-5-3-6-10-23)25(31)29-27-17-21-13-15-22(16-14-21)18-28-30-26(32)20(2)34-24-11-7-4-8-12-24/h3-20H,1-2H3,(H,29,31)(H,30,32)/b27-17-,28-18-/t19-,20-/m1/s1. The molecule has 0 aliphatic heterocycles. The zero-order chi connectivity index (χ0) is 24.2. The summed E-state index contributed by atoms with van der Waals surface area (Å²) in [5, 5.41) is 7.56. The number of hydrogen-bond donors (Lipinski definition) is 2. The van der Waals surface area contributed by atoms with Crippen LogP contribution >= 0.6 is 23.5 Å². The minimum absolute atomic E-state index is 0.163. The maximum Gasteiger partial charge on any atom is 0.253 e. The van der Waals surface area contributed by atoms with Crippen LogP contribution in [0, 0.1) is 0 Å². The van der Waals surface area contributed by atoms with Crippen LogP contribution in [-0.2, 0) is 9.59 Å². The zero-order valence-corrected chi connectivity index (χ0v) is 20.6. The first-order valence-corrected chi connectivity index (χ1v) is 12.5. The van der Waals surface area contributed by atoms with Crippen LogP contribution in [0.4, 0.5) is 0 Å². The van der Waals surface area contributed by atoms with Crippen molar-refractivity contribution in [3.8, 4) is 0 Å². The third-order valence-corrected chi connectivity index (χ3v) is 6.79. The molecule has 0 bridgehead atoms. The van der Waals surface area contributed by atoms with Gasteiger partial charge in [-0.25, -0.2) is 10.9 Å². The number of nitrogens with one attached hydrogen (secondary N) is 2. The molecule has 0 fully saturated rings. The summed E-state index contributed by atoms with van der Waals surface area (Å²) in [7, 11) is 0. The SMILES string of the molecule is C[C@@H](Sc1ccccc1)C(=O)N/N=C\c1ccc(/C=N\NC(=O)[C@@H](C)Sc2ccccc2)cc1. The molecule has 0 aliphatic carbocycles. The number of carbonyl (C=O) groups is 2. The number of carbonyl (C=O) groups excluding carboxylic acids is 2. The Morgan fingerprint density at radius 3 is 1.35 bits per heavy atom. The Kier molecular flexibility index (Phi) is 9.94. The highest BCUT2D eigenvalue weighted by atomic mass is 32.2.